The Morgan fingerprint density at radius 2 is 0.344 bits per heavy atom. The highest BCUT2D eigenvalue weighted by atomic mass is 15.0. The minimum atomic E-state index is 1.18. The molecule has 4 aromatic heterocycles. The highest BCUT2D eigenvalue weighted by Crippen LogP contribution is 2.47. The molecule has 19 aromatic carbocycles. The van der Waals surface area contributed by atoms with E-state index in [9.17, 15) is 0 Å². The fourth-order valence-corrected chi connectivity index (χ4v) is 18.5. The zero-order valence-electron chi connectivity index (χ0n) is 68.7. The molecule has 23 aromatic rings. The molecular formula is C118H88N4. The van der Waals surface area contributed by atoms with Gasteiger partial charge < -0.3 is 18.3 Å². The van der Waals surface area contributed by atoms with Gasteiger partial charge in [-0.1, -0.05) is 424 Å². The molecule has 0 aliphatic rings. The quantitative estimate of drug-likeness (QED) is 0.123. The summed E-state index contributed by atoms with van der Waals surface area (Å²) in [4.78, 5) is 0. The molecule has 580 valence electrons. The zero-order valence-corrected chi connectivity index (χ0v) is 68.7. The normalized spacial score (nSPS) is 11.3. The SMILES string of the molecule is Cc1ccc(-c2cccc3c4cccc(-c5ccccc5)c4n(-c4ccccc4)c23)cc1.Cc1cccc(-c2cccc3c4cccc(-c5ccccc5)c4n(-c4ccccc4)c23)c1.Cc1cccc2c3cccc(-c4ccccc4)c3n(-c3ccccc3)c12.Cc1ccccc1-c1cccc2c3cccc(-c4ccccc4)c3n(-c3ccccc3)c12. The number of hydrogen-bond donors (Lipinski definition) is 0. The highest BCUT2D eigenvalue weighted by molar-refractivity contribution is 6.21. The van der Waals surface area contributed by atoms with Crippen molar-refractivity contribution in [1.82, 2.24) is 18.3 Å². The van der Waals surface area contributed by atoms with Crippen molar-refractivity contribution in [2.45, 2.75) is 27.7 Å². The van der Waals surface area contributed by atoms with E-state index in [4.69, 9.17) is 0 Å². The van der Waals surface area contributed by atoms with Crippen LogP contribution in [0.1, 0.15) is 22.3 Å². The van der Waals surface area contributed by atoms with E-state index >= 15 is 0 Å². The van der Waals surface area contributed by atoms with E-state index in [1.807, 2.05) is 0 Å². The summed E-state index contributed by atoms with van der Waals surface area (Å²) in [5.74, 6) is 0. The number of aryl methyl sites for hydroxylation is 4. The van der Waals surface area contributed by atoms with E-state index in [1.165, 1.54) is 210 Å². The average Bonchev–Trinajstić information content (AvgIpc) is 1.62. The lowest BCUT2D eigenvalue weighted by Crippen LogP contribution is -1.97. The van der Waals surface area contributed by atoms with Crippen molar-refractivity contribution < 1.29 is 0 Å². The Labute approximate surface area is 712 Å². The number of benzene rings is 19. The summed E-state index contributed by atoms with van der Waals surface area (Å²) in [6.45, 7) is 8.68. The van der Waals surface area contributed by atoms with Crippen LogP contribution in [0.5, 0.6) is 0 Å². The van der Waals surface area contributed by atoms with Crippen LogP contribution in [-0.4, -0.2) is 18.3 Å². The number of hydrogen-bond acceptors (Lipinski definition) is 0. The van der Waals surface area contributed by atoms with Crippen LogP contribution in [0.15, 0.2) is 461 Å². The van der Waals surface area contributed by atoms with Gasteiger partial charge in [-0.2, -0.15) is 0 Å². The van der Waals surface area contributed by atoms with Gasteiger partial charge in [0.1, 0.15) is 0 Å². The summed E-state index contributed by atoms with van der Waals surface area (Å²) in [5, 5.41) is 10.3. The fourth-order valence-electron chi connectivity index (χ4n) is 18.5. The van der Waals surface area contributed by atoms with E-state index in [2.05, 4.69) is 507 Å². The Morgan fingerprint density at radius 1 is 0.131 bits per heavy atom. The molecule has 0 radical (unpaired) electrons. The number of rotatable bonds is 11. The maximum atomic E-state index is 2.45. The van der Waals surface area contributed by atoms with Crippen molar-refractivity contribution in [2.24, 2.45) is 0 Å². The van der Waals surface area contributed by atoms with Crippen molar-refractivity contribution in [3.63, 3.8) is 0 Å². The molecule has 0 amide bonds. The van der Waals surface area contributed by atoms with Gasteiger partial charge in [-0.25, -0.2) is 0 Å². The van der Waals surface area contributed by atoms with Gasteiger partial charge in [-0.15, -0.1) is 0 Å². The summed E-state index contributed by atoms with van der Waals surface area (Å²) in [7, 11) is 0. The Bertz CT molecular complexity index is 7710. The summed E-state index contributed by atoms with van der Waals surface area (Å²) < 4.78 is 9.77. The van der Waals surface area contributed by atoms with Crippen LogP contribution >= 0.6 is 0 Å². The van der Waals surface area contributed by atoms with Gasteiger partial charge in [-0.3, -0.25) is 0 Å². The van der Waals surface area contributed by atoms with Gasteiger partial charge in [0.25, 0.3) is 0 Å². The molecule has 0 bridgehead atoms. The maximum absolute atomic E-state index is 2.45. The third-order valence-electron chi connectivity index (χ3n) is 24.0. The Morgan fingerprint density at radius 3 is 0.656 bits per heavy atom. The van der Waals surface area contributed by atoms with Crippen molar-refractivity contribution >= 4 is 87.2 Å². The Kier molecular flexibility index (Phi) is 20.4. The lowest BCUT2D eigenvalue weighted by Gasteiger charge is -2.14. The molecule has 0 N–H and O–H groups in total. The van der Waals surface area contributed by atoms with Crippen LogP contribution in [-0.2, 0) is 0 Å². The van der Waals surface area contributed by atoms with Crippen molar-refractivity contribution in [3.8, 4) is 101 Å². The number of aromatic nitrogens is 4. The third-order valence-corrected chi connectivity index (χ3v) is 24.0. The molecule has 4 heteroatoms. The minimum Gasteiger partial charge on any atom is -0.308 e. The maximum Gasteiger partial charge on any atom is 0.0619 e. The third kappa shape index (κ3) is 13.9. The molecule has 0 spiro atoms. The molecule has 23 rings (SSSR count). The first kappa shape index (κ1) is 75.1. The Balaban J connectivity index is 0.000000104. The first-order valence-electron chi connectivity index (χ1n) is 42.1. The summed E-state index contributed by atoms with van der Waals surface area (Å²) in [5.41, 5.74) is 37.4. The second-order valence-electron chi connectivity index (χ2n) is 31.6. The van der Waals surface area contributed by atoms with Crippen LogP contribution in [0.4, 0.5) is 0 Å². The monoisotopic (exact) mass is 1560 g/mol. The lowest BCUT2D eigenvalue weighted by atomic mass is 9.98. The van der Waals surface area contributed by atoms with Crippen LogP contribution in [0.2, 0.25) is 0 Å². The zero-order chi connectivity index (χ0) is 82.0. The van der Waals surface area contributed by atoms with E-state index in [0.29, 0.717) is 0 Å². The summed E-state index contributed by atoms with van der Waals surface area (Å²) >= 11 is 0. The van der Waals surface area contributed by atoms with E-state index < -0.39 is 0 Å². The molecule has 0 saturated heterocycles. The van der Waals surface area contributed by atoms with Crippen molar-refractivity contribution in [3.05, 3.63) is 483 Å². The highest BCUT2D eigenvalue weighted by Gasteiger charge is 2.25. The van der Waals surface area contributed by atoms with Crippen molar-refractivity contribution in [2.75, 3.05) is 0 Å². The topological polar surface area (TPSA) is 19.7 Å². The molecule has 0 aliphatic heterocycles. The van der Waals surface area contributed by atoms with Gasteiger partial charge in [0.15, 0.2) is 0 Å². The van der Waals surface area contributed by atoms with Crippen LogP contribution in [0.25, 0.3) is 188 Å². The van der Waals surface area contributed by atoms with Crippen LogP contribution < -0.4 is 0 Å². The molecule has 0 aliphatic carbocycles. The molecule has 0 atom stereocenters. The molecule has 4 heterocycles. The van der Waals surface area contributed by atoms with Gasteiger partial charge in [0.2, 0.25) is 0 Å². The number of fused-ring (bicyclic) bond motifs is 12. The first-order chi connectivity index (χ1) is 60.3. The lowest BCUT2D eigenvalue weighted by molar-refractivity contribution is 1.17. The van der Waals surface area contributed by atoms with Gasteiger partial charge in [0.05, 0.1) is 44.1 Å². The average molecular weight is 1560 g/mol. The van der Waals surface area contributed by atoms with E-state index in [1.54, 1.807) is 0 Å². The standard InChI is InChI=1S/3C31H23N.C25H19N/c1-22-11-8-14-24(21-22)27-18-10-20-29-28-19-9-17-26(23-12-4-2-5-13-23)30(28)32(31(27)29)25-15-6-3-7-16-25;1-22-18-20-24(21-19-22)27-15-9-17-29-28-16-8-14-26(23-10-4-2-5-11-23)30(28)32(31(27)29)25-12-6-3-7-13-25;1-22-12-8-9-17-25(22)27-19-11-21-29-28-20-10-18-26(23-13-4-2-5-14-23)30(28)32(31(27)29)24-15-6-3-7-16-24;1-18-10-8-16-22-23-17-9-15-21(19-11-4-2-5-12-19)25(23)26(24(18)22)20-13-6-3-7-14-20/h3*2-21H,1H3;2-17H,1H3. The molecule has 122 heavy (non-hydrogen) atoms. The molecule has 0 fully saturated rings. The van der Waals surface area contributed by atoms with E-state index in [0.717, 1.165) is 0 Å². The fraction of sp³-hybridized carbons (Fsp3) is 0.0339. The molecular weight excluding hydrogens is 1470 g/mol. The number of nitrogens with zero attached hydrogens (tertiary/aromatic N) is 4. The molecule has 0 unspecified atom stereocenters. The van der Waals surface area contributed by atoms with Gasteiger partial charge in [0, 0.05) is 105 Å². The molecule has 4 nitrogen and oxygen atoms in total. The molecule has 0 saturated carbocycles. The van der Waals surface area contributed by atoms with Crippen LogP contribution in [0, 0.1) is 27.7 Å². The summed E-state index contributed by atoms with van der Waals surface area (Å²) in [6, 6.07) is 165. The van der Waals surface area contributed by atoms with Crippen molar-refractivity contribution in [1.29, 1.82) is 0 Å². The minimum absolute atomic E-state index is 1.18. The first-order valence-corrected chi connectivity index (χ1v) is 42.1. The predicted molar refractivity (Wildman–Crippen MR) is 520 cm³/mol. The van der Waals surface area contributed by atoms with Crippen LogP contribution in [0.3, 0.4) is 0 Å². The van der Waals surface area contributed by atoms with Gasteiger partial charge in [-0.05, 0) is 126 Å². The second kappa shape index (κ2) is 33.1. The predicted octanol–water partition coefficient (Wildman–Crippen LogP) is 32.0. The van der Waals surface area contributed by atoms with Gasteiger partial charge >= 0.3 is 0 Å². The second-order valence-corrected chi connectivity index (χ2v) is 31.6. The smallest absolute Gasteiger partial charge is 0.0619 e. The number of para-hydroxylation sites is 12. The van der Waals surface area contributed by atoms with E-state index in [-0.39, 0.29) is 0 Å². The largest absolute Gasteiger partial charge is 0.308 e. The Hall–Kier alpha value is -15.6. The summed E-state index contributed by atoms with van der Waals surface area (Å²) in [6.07, 6.45) is 0.